The minimum Gasteiger partial charge on any atom is -0.465 e. The third-order valence-corrected chi connectivity index (χ3v) is 2.28. The molecule has 0 aliphatic carbocycles. The molecule has 96 valence electrons. The molecule has 0 aliphatic heterocycles. The Bertz CT molecular complexity index is 283. The van der Waals surface area contributed by atoms with Gasteiger partial charge in [0.15, 0.2) is 0 Å². The van der Waals surface area contributed by atoms with Crippen LogP contribution in [0.3, 0.4) is 0 Å². The van der Waals surface area contributed by atoms with E-state index in [1.165, 1.54) is 19.3 Å². The number of unbranched alkanes of at least 4 members (excludes halogenated alkanes) is 5. The molecule has 5 nitrogen and oxygen atoms in total. The highest BCUT2D eigenvalue weighted by atomic mass is 16.5. The molecule has 17 heavy (non-hydrogen) atoms. The third kappa shape index (κ3) is 10.8. The van der Waals surface area contributed by atoms with Crippen molar-refractivity contribution in [2.45, 2.75) is 51.9 Å². The molecule has 5 heteroatoms. The first-order valence-corrected chi connectivity index (χ1v) is 6.06. The lowest BCUT2D eigenvalue weighted by atomic mass is 10.1. The number of esters is 1. The average Bonchev–Trinajstić information content (AvgIpc) is 2.28. The first kappa shape index (κ1) is 15.5. The van der Waals surface area contributed by atoms with Crippen LogP contribution < -0.4 is 0 Å². The molecule has 0 aromatic carbocycles. The Morgan fingerprint density at radius 3 is 2.47 bits per heavy atom. The number of ether oxygens (including phenoxy) is 1. The smallest absolute Gasteiger partial charge is 0.323 e. The van der Waals surface area contributed by atoms with E-state index in [4.69, 9.17) is 10.3 Å². The summed E-state index contributed by atoms with van der Waals surface area (Å²) in [7, 11) is 0. The van der Waals surface area contributed by atoms with Gasteiger partial charge in [-0.2, -0.15) is 4.79 Å². The van der Waals surface area contributed by atoms with Gasteiger partial charge in [-0.25, -0.2) is 0 Å². The molecule has 0 aromatic heterocycles. The number of carbonyl (C=O) groups excluding carboxylic acids is 2. The Labute approximate surface area is 102 Å². The number of nitrogens with zero attached hydrogens (tertiary/aromatic N) is 2. The normalized spacial score (nSPS) is 9.47. The molecule has 0 aromatic rings. The van der Waals surface area contributed by atoms with Gasteiger partial charge in [-0.05, 0) is 6.42 Å². The van der Waals surface area contributed by atoms with E-state index in [9.17, 15) is 9.59 Å². The summed E-state index contributed by atoms with van der Waals surface area (Å²) in [6.45, 7) is 2.52. The van der Waals surface area contributed by atoms with Gasteiger partial charge < -0.3 is 10.3 Å². The number of Topliss-reactive ketones (excluding diaryl/α,β-unsaturated/α-hetero) is 1. The van der Waals surface area contributed by atoms with Crippen LogP contribution in [0.5, 0.6) is 0 Å². The molecule has 0 aliphatic rings. The lowest BCUT2D eigenvalue weighted by Crippen LogP contribution is -2.13. The van der Waals surface area contributed by atoms with Crippen molar-refractivity contribution in [2.24, 2.45) is 0 Å². The predicted molar refractivity (Wildman–Crippen MR) is 63.6 cm³/mol. The number of rotatable bonds is 10. The maximum Gasteiger partial charge on any atom is 0.323 e. The van der Waals surface area contributed by atoms with Crippen LogP contribution in [-0.2, 0) is 14.3 Å². The molecule has 0 saturated heterocycles. The van der Waals surface area contributed by atoms with Gasteiger partial charge >= 0.3 is 12.2 Å². The van der Waals surface area contributed by atoms with Crippen molar-refractivity contribution in [3.05, 3.63) is 5.53 Å². The van der Waals surface area contributed by atoms with Crippen molar-refractivity contribution >= 4 is 18.0 Å². The highest BCUT2D eigenvalue weighted by Crippen LogP contribution is 2.05. The van der Waals surface area contributed by atoms with E-state index in [0.717, 1.165) is 19.3 Å². The van der Waals surface area contributed by atoms with Crippen LogP contribution in [-0.4, -0.2) is 29.4 Å². The van der Waals surface area contributed by atoms with Gasteiger partial charge in [0.2, 0.25) is 5.78 Å². The predicted octanol–water partition coefficient (Wildman–Crippen LogP) is 2.15. The van der Waals surface area contributed by atoms with Crippen LogP contribution in [0.25, 0.3) is 5.53 Å². The number of ketones is 1. The van der Waals surface area contributed by atoms with Crippen molar-refractivity contribution in [1.29, 1.82) is 0 Å². The van der Waals surface area contributed by atoms with Crippen molar-refractivity contribution < 1.29 is 19.1 Å². The fourth-order valence-corrected chi connectivity index (χ4v) is 1.37. The van der Waals surface area contributed by atoms with Crippen molar-refractivity contribution in [3.8, 4) is 0 Å². The summed E-state index contributed by atoms with van der Waals surface area (Å²) in [5, 5.41) is 0. The monoisotopic (exact) mass is 240 g/mol. The van der Waals surface area contributed by atoms with Gasteiger partial charge in [-0.1, -0.05) is 39.0 Å². The third-order valence-electron chi connectivity index (χ3n) is 2.28. The lowest BCUT2D eigenvalue weighted by Gasteiger charge is -2.02. The minimum atomic E-state index is -0.566. The molecule has 0 rings (SSSR count). The largest absolute Gasteiger partial charge is 0.465 e. The second kappa shape index (κ2) is 11.0. The molecule has 0 bridgehead atoms. The maximum atomic E-state index is 11.1. The van der Waals surface area contributed by atoms with E-state index in [-0.39, 0.29) is 6.42 Å². The lowest BCUT2D eigenvalue weighted by molar-refractivity contribution is -0.145. The Morgan fingerprint density at radius 1 is 1.18 bits per heavy atom. The van der Waals surface area contributed by atoms with Crippen LogP contribution >= 0.6 is 0 Å². The number of hydrogen-bond donors (Lipinski definition) is 0. The van der Waals surface area contributed by atoms with Gasteiger partial charge in [0.25, 0.3) is 0 Å². The molecule has 0 saturated carbocycles. The SMILES string of the molecule is CCCCCCCCOC(=O)CC(=O)C=[N+]=[N-]. The minimum absolute atomic E-state index is 0.356. The van der Waals surface area contributed by atoms with Gasteiger partial charge in [-0.15, -0.1) is 0 Å². The summed E-state index contributed by atoms with van der Waals surface area (Å²) in [5.41, 5.74) is 8.06. The van der Waals surface area contributed by atoms with E-state index >= 15 is 0 Å². The zero-order valence-electron chi connectivity index (χ0n) is 10.4. The molecule has 0 unspecified atom stereocenters. The summed E-state index contributed by atoms with van der Waals surface area (Å²) in [5.74, 6) is -1.12. The molecule has 0 atom stereocenters. The van der Waals surface area contributed by atoms with E-state index in [2.05, 4.69) is 11.7 Å². The van der Waals surface area contributed by atoms with Crippen molar-refractivity contribution in [3.63, 3.8) is 0 Å². The van der Waals surface area contributed by atoms with Crippen molar-refractivity contribution in [2.75, 3.05) is 6.61 Å². The maximum absolute atomic E-state index is 11.1. The van der Waals surface area contributed by atoms with Crippen LogP contribution in [0.1, 0.15) is 51.9 Å². The summed E-state index contributed by atoms with van der Waals surface area (Å²) < 4.78 is 4.86. The summed E-state index contributed by atoms with van der Waals surface area (Å²) >= 11 is 0. The standard InChI is InChI=1S/C12H20N2O3/c1-2-3-4-5-6-7-8-17-12(16)9-11(15)10-14-13/h10H,2-9H2,1H3. The Morgan fingerprint density at radius 2 is 1.82 bits per heavy atom. The van der Waals surface area contributed by atoms with Gasteiger partial charge in [0, 0.05) is 0 Å². The van der Waals surface area contributed by atoms with E-state index < -0.39 is 11.8 Å². The summed E-state index contributed by atoms with van der Waals surface area (Å²) in [4.78, 5) is 24.5. The second-order valence-electron chi connectivity index (χ2n) is 3.88. The molecular weight excluding hydrogens is 220 g/mol. The zero-order valence-corrected chi connectivity index (χ0v) is 10.4. The summed E-state index contributed by atoms with van der Waals surface area (Å²) in [6, 6.07) is 0. The first-order valence-electron chi connectivity index (χ1n) is 6.06. The van der Waals surface area contributed by atoms with Crippen LogP contribution in [0, 0.1) is 0 Å². The second-order valence-corrected chi connectivity index (χ2v) is 3.88. The van der Waals surface area contributed by atoms with Crippen molar-refractivity contribution in [1.82, 2.24) is 0 Å². The van der Waals surface area contributed by atoms with E-state index in [0.29, 0.717) is 12.8 Å². The fourth-order valence-electron chi connectivity index (χ4n) is 1.37. The van der Waals surface area contributed by atoms with Crippen LogP contribution in [0.2, 0.25) is 0 Å². The zero-order chi connectivity index (χ0) is 12.9. The average molecular weight is 240 g/mol. The van der Waals surface area contributed by atoms with Crippen LogP contribution in [0.15, 0.2) is 0 Å². The highest BCUT2D eigenvalue weighted by Gasteiger charge is 2.11. The number of hydrogen-bond acceptors (Lipinski definition) is 3. The molecule has 0 radical (unpaired) electrons. The molecule has 0 spiro atoms. The first-order chi connectivity index (χ1) is 8.20. The Hall–Kier alpha value is -1.48. The van der Waals surface area contributed by atoms with Crippen LogP contribution in [0.4, 0.5) is 0 Å². The molecule has 0 N–H and O–H groups in total. The van der Waals surface area contributed by atoms with E-state index in [1.807, 2.05) is 0 Å². The van der Waals surface area contributed by atoms with Gasteiger partial charge in [0.1, 0.15) is 6.42 Å². The fraction of sp³-hybridized carbons (Fsp3) is 0.750. The molecular formula is C12H20N2O3. The Kier molecular flexibility index (Phi) is 10.1. The quantitative estimate of drug-likeness (QED) is 0.146. The van der Waals surface area contributed by atoms with E-state index in [1.54, 1.807) is 0 Å². The van der Waals surface area contributed by atoms with Gasteiger partial charge in [-0.3, -0.25) is 9.59 Å². The topological polar surface area (TPSA) is 79.8 Å². The summed E-state index contributed by atoms with van der Waals surface area (Å²) in [6.07, 6.45) is 7.04. The Balaban J connectivity index is 3.39. The number of carbonyl (C=O) groups is 2. The molecule has 0 heterocycles. The molecule has 0 fully saturated rings. The highest BCUT2D eigenvalue weighted by molar-refractivity contribution is 6.29. The molecule has 0 amide bonds. The van der Waals surface area contributed by atoms with Gasteiger partial charge in [0.05, 0.1) is 6.61 Å².